The molecule has 1 amide bonds. The van der Waals surface area contributed by atoms with Crippen LogP contribution in [0.25, 0.3) is 0 Å². The molecule has 0 aliphatic carbocycles. The van der Waals surface area contributed by atoms with Gasteiger partial charge < -0.3 is 10.1 Å². The molecule has 0 radical (unpaired) electrons. The first kappa shape index (κ1) is 17.6. The number of hydrogen-bond acceptors (Lipinski definition) is 3. The van der Waals surface area contributed by atoms with E-state index in [1.54, 1.807) is 0 Å². The molecule has 0 bridgehead atoms. The lowest BCUT2D eigenvalue weighted by Crippen LogP contribution is -2.21. The average molecular weight is 333 g/mol. The van der Waals surface area contributed by atoms with Gasteiger partial charge in [-0.05, 0) is 23.6 Å². The van der Waals surface area contributed by atoms with Crippen molar-refractivity contribution < 1.29 is 23.1 Å². The number of carbonyl (C=O) groups excluding carboxylic acids is 2. The van der Waals surface area contributed by atoms with E-state index >= 15 is 0 Å². The number of anilines is 1. The van der Waals surface area contributed by atoms with Crippen molar-refractivity contribution in [1.29, 1.82) is 0 Å². The van der Waals surface area contributed by atoms with Crippen molar-refractivity contribution >= 4 is 17.6 Å². The molecule has 2 rings (SSSR count). The Morgan fingerprint density at radius 1 is 1.08 bits per heavy atom. The SMILES string of the molecule is C[C@H](CC(=O)OCC(=O)Nc1ccc(F)c(F)c1)c1ccccc1. The van der Waals surface area contributed by atoms with E-state index in [4.69, 9.17) is 4.74 Å². The summed E-state index contributed by atoms with van der Waals surface area (Å²) in [5.41, 5.74) is 1.09. The Kier molecular flexibility index (Phi) is 6.01. The zero-order chi connectivity index (χ0) is 17.5. The maximum atomic E-state index is 13.0. The number of amides is 1. The Balaban J connectivity index is 1.78. The molecule has 0 aliphatic rings. The van der Waals surface area contributed by atoms with Crippen LogP contribution in [0.3, 0.4) is 0 Å². The van der Waals surface area contributed by atoms with Gasteiger partial charge in [0.25, 0.3) is 5.91 Å². The summed E-state index contributed by atoms with van der Waals surface area (Å²) in [6, 6.07) is 12.4. The fourth-order valence-electron chi connectivity index (χ4n) is 2.13. The molecule has 0 aliphatic heterocycles. The van der Waals surface area contributed by atoms with Gasteiger partial charge in [0.1, 0.15) is 0 Å². The molecular formula is C18H17F2NO3. The Hall–Kier alpha value is -2.76. The molecule has 2 aromatic rings. The molecule has 2 aromatic carbocycles. The van der Waals surface area contributed by atoms with Crippen molar-refractivity contribution in [2.75, 3.05) is 11.9 Å². The van der Waals surface area contributed by atoms with Gasteiger partial charge in [-0.1, -0.05) is 37.3 Å². The third-order valence-electron chi connectivity index (χ3n) is 3.41. The summed E-state index contributed by atoms with van der Waals surface area (Å²) in [6.45, 7) is 1.40. The zero-order valence-electron chi connectivity index (χ0n) is 13.1. The zero-order valence-corrected chi connectivity index (χ0v) is 13.1. The lowest BCUT2D eigenvalue weighted by atomic mass is 9.98. The molecule has 1 atom stereocenters. The van der Waals surface area contributed by atoms with Crippen molar-refractivity contribution in [3.05, 3.63) is 65.7 Å². The van der Waals surface area contributed by atoms with Crippen LogP contribution in [0.5, 0.6) is 0 Å². The van der Waals surface area contributed by atoms with Gasteiger partial charge in [-0.25, -0.2) is 8.78 Å². The van der Waals surface area contributed by atoms with Crippen LogP contribution < -0.4 is 5.32 Å². The summed E-state index contributed by atoms with van der Waals surface area (Å²) in [5, 5.41) is 2.33. The second-order valence-corrected chi connectivity index (χ2v) is 5.35. The number of nitrogens with one attached hydrogen (secondary N) is 1. The van der Waals surface area contributed by atoms with Crippen LogP contribution in [-0.2, 0) is 14.3 Å². The number of rotatable bonds is 6. The fraction of sp³-hybridized carbons (Fsp3) is 0.222. The van der Waals surface area contributed by atoms with E-state index < -0.39 is 30.1 Å². The van der Waals surface area contributed by atoms with Crippen LogP contribution in [0.15, 0.2) is 48.5 Å². The lowest BCUT2D eigenvalue weighted by molar-refractivity contribution is -0.147. The van der Waals surface area contributed by atoms with Crippen LogP contribution >= 0.6 is 0 Å². The molecule has 6 heteroatoms. The number of halogens is 2. The van der Waals surface area contributed by atoms with Crippen LogP contribution in [-0.4, -0.2) is 18.5 Å². The molecule has 0 fully saturated rings. The molecule has 0 aromatic heterocycles. The topological polar surface area (TPSA) is 55.4 Å². The van der Waals surface area contributed by atoms with Crippen LogP contribution in [0.2, 0.25) is 0 Å². The molecule has 0 heterocycles. The van der Waals surface area contributed by atoms with Crippen molar-refractivity contribution in [3.63, 3.8) is 0 Å². The highest BCUT2D eigenvalue weighted by atomic mass is 19.2. The number of ether oxygens (including phenoxy) is 1. The quantitative estimate of drug-likeness (QED) is 0.821. The van der Waals surface area contributed by atoms with Gasteiger partial charge >= 0.3 is 5.97 Å². The minimum Gasteiger partial charge on any atom is -0.456 e. The van der Waals surface area contributed by atoms with Crippen LogP contribution in [0.4, 0.5) is 14.5 Å². The van der Waals surface area contributed by atoms with Gasteiger partial charge in [-0.3, -0.25) is 9.59 Å². The van der Waals surface area contributed by atoms with E-state index in [1.165, 1.54) is 6.07 Å². The van der Waals surface area contributed by atoms with E-state index in [1.807, 2.05) is 37.3 Å². The Bertz CT molecular complexity index is 719. The van der Waals surface area contributed by atoms with E-state index in [0.29, 0.717) is 0 Å². The maximum Gasteiger partial charge on any atom is 0.306 e. The third kappa shape index (κ3) is 5.15. The lowest BCUT2D eigenvalue weighted by Gasteiger charge is -2.11. The van der Waals surface area contributed by atoms with Gasteiger partial charge in [0, 0.05) is 11.8 Å². The largest absolute Gasteiger partial charge is 0.456 e. The van der Waals surface area contributed by atoms with Crippen molar-refractivity contribution in [1.82, 2.24) is 0 Å². The highest BCUT2D eigenvalue weighted by Crippen LogP contribution is 2.19. The molecule has 0 spiro atoms. The molecule has 1 N–H and O–H groups in total. The van der Waals surface area contributed by atoms with E-state index in [-0.39, 0.29) is 18.0 Å². The van der Waals surface area contributed by atoms with Crippen LogP contribution in [0.1, 0.15) is 24.8 Å². The highest BCUT2D eigenvalue weighted by molar-refractivity contribution is 5.92. The normalized spacial score (nSPS) is 11.6. The first-order valence-corrected chi connectivity index (χ1v) is 7.41. The summed E-state index contributed by atoms with van der Waals surface area (Å²) in [7, 11) is 0. The molecule has 0 unspecified atom stereocenters. The summed E-state index contributed by atoms with van der Waals surface area (Å²) < 4.78 is 30.7. The number of hydrogen-bond donors (Lipinski definition) is 1. The fourth-order valence-corrected chi connectivity index (χ4v) is 2.13. The minimum atomic E-state index is -1.07. The summed E-state index contributed by atoms with van der Waals surface area (Å²) in [4.78, 5) is 23.4. The van der Waals surface area contributed by atoms with Crippen molar-refractivity contribution in [2.45, 2.75) is 19.3 Å². The standard InChI is InChI=1S/C18H17F2NO3/c1-12(13-5-3-2-4-6-13)9-18(23)24-11-17(22)21-14-7-8-15(19)16(20)10-14/h2-8,10,12H,9,11H2,1H3,(H,21,22)/t12-/m1/s1. The van der Waals surface area contributed by atoms with Gasteiger partial charge in [-0.2, -0.15) is 0 Å². The molecule has 0 saturated heterocycles. The molecule has 24 heavy (non-hydrogen) atoms. The van der Waals surface area contributed by atoms with Gasteiger partial charge in [0.2, 0.25) is 0 Å². The van der Waals surface area contributed by atoms with E-state index in [2.05, 4.69) is 5.32 Å². The predicted molar refractivity (Wildman–Crippen MR) is 85.4 cm³/mol. The van der Waals surface area contributed by atoms with E-state index in [0.717, 1.165) is 17.7 Å². The van der Waals surface area contributed by atoms with Crippen LogP contribution in [0, 0.1) is 11.6 Å². The Labute approximate surface area is 138 Å². The van der Waals surface area contributed by atoms with Crippen molar-refractivity contribution in [3.8, 4) is 0 Å². The summed E-state index contributed by atoms with van der Waals surface area (Å²) >= 11 is 0. The maximum absolute atomic E-state index is 13.0. The average Bonchev–Trinajstić information content (AvgIpc) is 2.57. The Morgan fingerprint density at radius 3 is 2.46 bits per heavy atom. The Morgan fingerprint density at radius 2 is 1.79 bits per heavy atom. The van der Waals surface area contributed by atoms with Gasteiger partial charge in [-0.15, -0.1) is 0 Å². The highest BCUT2D eigenvalue weighted by Gasteiger charge is 2.14. The van der Waals surface area contributed by atoms with Gasteiger partial charge in [0.15, 0.2) is 18.2 Å². The number of esters is 1. The number of benzene rings is 2. The molecular weight excluding hydrogens is 316 g/mol. The molecule has 0 saturated carbocycles. The predicted octanol–water partition coefficient (Wildman–Crippen LogP) is 3.64. The first-order chi connectivity index (χ1) is 11.5. The summed E-state index contributed by atoms with van der Waals surface area (Å²) in [6.07, 6.45) is 0.141. The summed E-state index contributed by atoms with van der Waals surface area (Å²) in [5.74, 6) is -3.24. The minimum absolute atomic E-state index is 0.0343. The molecule has 126 valence electrons. The number of carbonyl (C=O) groups is 2. The molecule has 4 nitrogen and oxygen atoms in total. The first-order valence-electron chi connectivity index (χ1n) is 7.41. The smallest absolute Gasteiger partial charge is 0.306 e. The third-order valence-corrected chi connectivity index (χ3v) is 3.41. The van der Waals surface area contributed by atoms with E-state index in [9.17, 15) is 18.4 Å². The second kappa shape index (κ2) is 8.19. The van der Waals surface area contributed by atoms with Gasteiger partial charge in [0.05, 0.1) is 6.42 Å². The second-order valence-electron chi connectivity index (χ2n) is 5.35. The monoisotopic (exact) mass is 333 g/mol. The van der Waals surface area contributed by atoms with Crippen molar-refractivity contribution in [2.24, 2.45) is 0 Å².